The van der Waals surface area contributed by atoms with Crippen LogP contribution in [-0.4, -0.2) is 6.61 Å². The molecule has 0 radical (unpaired) electrons. The van der Waals surface area contributed by atoms with Gasteiger partial charge in [-0.3, -0.25) is 0 Å². The third kappa shape index (κ3) is 2.44. The van der Waals surface area contributed by atoms with Gasteiger partial charge in [0.25, 0.3) is 0 Å². The van der Waals surface area contributed by atoms with Crippen LogP contribution in [0.25, 0.3) is 0 Å². The largest absolute Gasteiger partial charge is 0.301 e. The van der Waals surface area contributed by atoms with Crippen molar-refractivity contribution in [1.29, 1.82) is 0 Å². The van der Waals surface area contributed by atoms with Crippen molar-refractivity contribution in [1.82, 2.24) is 0 Å². The summed E-state index contributed by atoms with van der Waals surface area (Å²) in [6.07, 6.45) is -1.21. The molecule has 0 bridgehead atoms. The molecule has 0 saturated carbocycles. The molecule has 0 aromatic heterocycles. The summed E-state index contributed by atoms with van der Waals surface area (Å²) in [5.74, 6) is 4.73. The normalized spacial score (nSPS) is 12.9. The first-order chi connectivity index (χ1) is 5.74. The molecule has 0 spiro atoms. The van der Waals surface area contributed by atoms with Crippen molar-refractivity contribution in [3.8, 4) is 0 Å². The molecule has 0 heterocycles. The molecule has 4 heteroatoms. The second kappa shape index (κ2) is 4.40. The first-order valence-electron chi connectivity index (χ1n) is 3.45. The molecule has 1 unspecified atom stereocenters. The van der Waals surface area contributed by atoms with Crippen molar-refractivity contribution < 1.29 is 9.23 Å². The molecular weight excluding hydrogens is 181 g/mol. The molecule has 1 aromatic rings. The highest BCUT2D eigenvalue weighted by Crippen LogP contribution is 2.20. The third-order valence-electron chi connectivity index (χ3n) is 1.45. The second-order valence-electron chi connectivity index (χ2n) is 2.36. The van der Waals surface area contributed by atoms with Gasteiger partial charge in [0, 0.05) is 5.02 Å². The Hall–Kier alpha value is -0.640. The van der Waals surface area contributed by atoms with E-state index in [-0.39, 0.29) is 6.61 Å². The summed E-state index contributed by atoms with van der Waals surface area (Å²) in [5.41, 5.74) is 0.480. The van der Waals surface area contributed by atoms with E-state index in [4.69, 9.17) is 17.5 Å². The summed E-state index contributed by atoms with van der Waals surface area (Å²) in [6.45, 7) is -0.152. The van der Waals surface area contributed by atoms with Gasteiger partial charge in [0.2, 0.25) is 0 Å². The maximum Gasteiger partial charge on any atom is 0.150 e. The van der Waals surface area contributed by atoms with Crippen LogP contribution in [0, 0.1) is 0 Å². The highest BCUT2D eigenvalue weighted by Gasteiger charge is 2.08. The minimum absolute atomic E-state index is 0.152. The predicted octanol–water partition coefficient (Wildman–Crippen LogP) is 2.24. The summed E-state index contributed by atoms with van der Waals surface area (Å²) in [4.78, 5) is 4.18. The Balaban J connectivity index is 2.73. The van der Waals surface area contributed by atoms with Gasteiger partial charge in [0.1, 0.15) is 6.61 Å². The molecule has 0 aliphatic rings. The summed E-state index contributed by atoms with van der Waals surface area (Å²) in [6, 6.07) is 6.54. The quantitative estimate of drug-likeness (QED) is 0.741. The zero-order valence-corrected chi connectivity index (χ0v) is 7.09. The van der Waals surface area contributed by atoms with Crippen molar-refractivity contribution in [3.05, 3.63) is 34.9 Å². The van der Waals surface area contributed by atoms with E-state index in [1.165, 1.54) is 0 Å². The second-order valence-corrected chi connectivity index (χ2v) is 2.79. The minimum Gasteiger partial charge on any atom is -0.301 e. The summed E-state index contributed by atoms with van der Waals surface area (Å²) in [5, 5.41) is 0.507. The van der Waals surface area contributed by atoms with Crippen LogP contribution < -0.4 is 5.90 Å². The predicted molar refractivity (Wildman–Crippen MR) is 45.4 cm³/mol. The van der Waals surface area contributed by atoms with Gasteiger partial charge in [-0.25, -0.2) is 10.3 Å². The Labute approximate surface area is 75.0 Å². The lowest BCUT2D eigenvalue weighted by atomic mass is 10.1. The molecular formula is C8H9ClFNO. The fraction of sp³-hybridized carbons (Fsp3) is 0.250. The van der Waals surface area contributed by atoms with Crippen molar-refractivity contribution in [2.75, 3.05) is 6.61 Å². The standard InChI is InChI=1S/C8H9ClFNO/c9-7-3-1-2-6(4-7)8(10)5-12-11/h1-4,8H,5,11H2. The lowest BCUT2D eigenvalue weighted by Gasteiger charge is -2.06. The number of hydrogen-bond donors (Lipinski definition) is 1. The van der Waals surface area contributed by atoms with E-state index < -0.39 is 6.17 Å². The fourth-order valence-electron chi connectivity index (χ4n) is 0.882. The van der Waals surface area contributed by atoms with E-state index in [2.05, 4.69) is 4.84 Å². The molecule has 2 N–H and O–H groups in total. The first kappa shape index (κ1) is 9.45. The van der Waals surface area contributed by atoms with Crippen LogP contribution >= 0.6 is 11.6 Å². The van der Waals surface area contributed by atoms with Gasteiger partial charge in [0.05, 0.1) is 0 Å². The van der Waals surface area contributed by atoms with Crippen molar-refractivity contribution in [3.63, 3.8) is 0 Å². The monoisotopic (exact) mass is 189 g/mol. The average Bonchev–Trinajstić information content (AvgIpc) is 2.05. The first-order valence-corrected chi connectivity index (χ1v) is 3.83. The molecule has 1 rings (SSSR count). The maximum atomic E-state index is 13.1. The van der Waals surface area contributed by atoms with Crippen LogP contribution in [0.5, 0.6) is 0 Å². The highest BCUT2D eigenvalue weighted by molar-refractivity contribution is 6.30. The molecule has 1 aromatic carbocycles. The Morgan fingerprint density at radius 2 is 2.33 bits per heavy atom. The van der Waals surface area contributed by atoms with Crippen LogP contribution in [0.15, 0.2) is 24.3 Å². The van der Waals surface area contributed by atoms with Gasteiger partial charge in [-0.15, -0.1) is 0 Å². The molecule has 0 saturated heterocycles. The van der Waals surface area contributed by atoms with Gasteiger partial charge in [-0.1, -0.05) is 23.7 Å². The SMILES string of the molecule is NOCC(F)c1cccc(Cl)c1. The van der Waals surface area contributed by atoms with Crippen LogP contribution in [0.1, 0.15) is 11.7 Å². The summed E-state index contributed by atoms with van der Waals surface area (Å²) in [7, 11) is 0. The lowest BCUT2D eigenvalue weighted by molar-refractivity contribution is 0.0816. The molecule has 66 valence electrons. The van der Waals surface area contributed by atoms with Crippen molar-refractivity contribution in [2.24, 2.45) is 5.90 Å². The van der Waals surface area contributed by atoms with E-state index in [1.54, 1.807) is 24.3 Å². The number of benzene rings is 1. The number of nitrogens with two attached hydrogens (primary N) is 1. The van der Waals surface area contributed by atoms with Crippen LogP contribution in [-0.2, 0) is 4.84 Å². The molecule has 0 aliphatic heterocycles. The Kier molecular flexibility index (Phi) is 3.47. The Morgan fingerprint density at radius 3 is 2.92 bits per heavy atom. The molecule has 0 aliphatic carbocycles. The Morgan fingerprint density at radius 1 is 1.58 bits per heavy atom. The molecule has 0 fully saturated rings. The zero-order chi connectivity index (χ0) is 8.97. The van der Waals surface area contributed by atoms with Crippen molar-refractivity contribution in [2.45, 2.75) is 6.17 Å². The molecule has 0 amide bonds. The van der Waals surface area contributed by atoms with E-state index in [0.29, 0.717) is 10.6 Å². The van der Waals surface area contributed by atoms with Gasteiger partial charge in [-0.2, -0.15) is 0 Å². The van der Waals surface area contributed by atoms with E-state index in [1.807, 2.05) is 0 Å². The van der Waals surface area contributed by atoms with Crippen molar-refractivity contribution >= 4 is 11.6 Å². The number of rotatable bonds is 3. The smallest absolute Gasteiger partial charge is 0.150 e. The molecule has 12 heavy (non-hydrogen) atoms. The number of halogens is 2. The van der Waals surface area contributed by atoms with E-state index in [9.17, 15) is 4.39 Å². The van der Waals surface area contributed by atoms with Gasteiger partial charge >= 0.3 is 0 Å². The van der Waals surface area contributed by atoms with Gasteiger partial charge in [0.15, 0.2) is 6.17 Å². The van der Waals surface area contributed by atoms with E-state index >= 15 is 0 Å². The molecule has 1 atom stereocenters. The fourth-order valence-corrected chi connectivity index (χ4v) is 1.08. The summed E-state index contributed by atoms with van der Waals surface area (Å²) >= 11 is 5.65. The highest BCUT2D eigenvalue weighted by atomic mass is 35.5. The summed E-state index contributed by atoms with van der Waals surface area (Å²) < 4.78 is 13.1. The lowest BCUT2D eigenvalue weighted by Crippen LogP contribution is -2.07. The van der Waals surface area contributed by atoms with Crippen LogP contribution in [0.4, 0.5) is 4.39 Å². The topological polar surface area (TPSA) is 35.2 Å². The van der Waals surface area contributed by atoms with Crippen LogP contribution in [0.3, 0.4) is 0 Å². The van der Waals surface area contributed by atoms with Crippen LogP contribution in [0.2, 0.25) is 5.02 Å². The molecule has 2 nitrogen and oxygen atoms in total. The Bertz CT molecular complexity index is 257. The van der Waals surface area contributed by atoms with Gasteiger partial charge < -0.3 is 4.84 Å². The number of hydrogen-bond acceptors (Lipinski definition) is 2. The number of alkyl halides is 1. The van der Waals surface area contributed by atoms with E-state index in [0.717, 1.165) is 0 Å². The van der Waals surface area contributed by atoms with Gasteiger partial charge in [-0.05, 0) is 17.7 Å². The maximum absolute atomic E-state index is 13.1. The average molecular weight is 190 g/mol. The third-order valence-corrected chi connectivity index (χ3v) is 1.69. The zero-order valence-electron chi connectivity index (χ0n) is 6.34. The minimum atomic E-state index is -1.21.